The predicted octanol–water partition coefficient (Wildman–Crippen LogP) is 3.19. The van der Waals surface area contributed by atoms with Crippen molar-refractivity contribution in [2.45, 2.75) is 45.6 Å². The van der Waals surface area contributed by atoms with Gasteiger partial charge in [0.2, 0.25) is 0 Å². The van der Waals surface area contributed by atoms with Crippen LogP contribution in [0, 0.1) is 5.41 Å². The van der Waals surface area contributed by atoms with Gasteiger partial charge < -0.3 is 15.4 Å². The maximum atomic E-state index is 12.7. The van der Waals surface area contributed by atoms with Gasteiger partial charge in [0.05, 0.1) is 11.3 Å². The van der Waals surface area contributed by atoms with Crippen LogP contribution in [0.4, 0.5) is 5.69 Å². The number of benzene rings is 1. The van der Waals surface area contributed by atoms with Crippen LogP contribution in [0.2, 0.25) is 0 Å². The summed E-state index contributed by atoms with van der Waals surface area (Å²) >= 11 is 0. The maximum Gasteiger partial charge on any atom is 0.255 e. The van der Waals surface area contributed by atoms with Crippen LogP contribution in [0.3, 0.4) is 0 Å². The van der Waals surface area contributed by atoms with Crippen LogP contribution in [0.5, 0.6) is 5.75 Å². The van der Waals surface area contributed by atoms with E-state index >= 15 is 0 Å². The summed E-state index contributed by atoms with van der Waals surface area (Å²) in [6.07, 6.45) is 4.68. The van der Waals surface area contributed by atoms with Gasteiger partial charge in [-0.15, -0.1) is 0 Å². The molecule has 1 aromatic rings. The lowest BCUT2D eigenvalue weighted by Crippen LogP contribution is -2.47. The van der Waals surface area contributed by atoms with E-state index in [1.54, 1.807) is 0 Å². The summed E-state index contributed by atoms with van der Waals surface area (Å²) < 4.78 is 5.69. The summed E-state index contributed by atoms with van der Waals surface area (Å²) in [4.78, 5) is 12.7. The fourth-order valence-corrected chi connectivity index (χ4v) is 3.35. The van der Waals surface area contributed by atoms with Gasteiger partial charge in [-0.2, -0.15) is 0 Å². The molecule has 1 fully saturated rings. The Hall–Kier alpha value is -1.71. The fourth-order valence-electron chi connectivity index (χ4n) is 3.35. The first-order chi connectivity index (χ1) is 10.1. The first-order valence-corrected chi connectivity index (χ1v) is 7.88. The number of nitrogens with one attached hydrogen (secondary N) is 2. The minimum atomic E-state index is -0.0180. The van der Waals surface area contributed by atoms with Crippen LogP contribution in [-0.4, -0.2) is 25.1 Å². The second-order valence-corrected chi connectivity index (χ2v) is 6.72. The number of ether oxygens (including phenoxy) is 1. The molecule has 2 aliphatic rings. The highest BCUT2D eigenvalue weighted by molar-refractivity contribution is 5.99. The van der Waals surface area contributed by atoms with Gasteiger partial charge in [0.1, 0.15) is 6.61 Å². The van der Waals surface area contributed by atoms with Crippen LogP contribution < -0.4 is 15.4 Å². The molecule has 4 nitrogen and oxygen atoms in total. The van der Waals surface area contributed by atoms with E-state index in [0.717, 1.165) is 18.7 Å². The lowest BCUT2D eigenvalue weighted by Gasteiger charge is -2.39. The molecule has 1 aromatic carbocycles. The normalized spacial score (nSPS) is 23.4. The summed E-state index contributed by atoms with van der Waals surface area (Å²) in [7, 11) is 0. The average molecular weight is 288 g/mol. The Morgan fingerprint density at radius 3 is 3.05 bits per heavy atom. The summed E-state index contributed by atoms with van der Waals surface area (Å²) in [5, 5.41) is 6.50. The molecule has 1 unspecified atom stereocenters. The number of hydrogen-bond donors (Lipinski definition) is 2. The molecule has 0 bridgehead atoms. The Labute approximate surface area is 126 Å². The van der Waals surface area contributed by atoms with Crippen LogP contribution in [0.25, 0.3) is 0 Å². The molecule has 0 spiro atoms. The average Bonchev–Trinajstić information content (AvgIpc) is 2.48. The topological polar surface area (TPSA) is 50.4 Å². The highest BCUT2D eigenvalue weighted by Crippen LogP contribution is 2.36. The molecule has 1 aliphatic carbocycles. The van der Waals surface area contributed by atoms with E-state index in [4.69, 9.17) is 4.74 Å². The van der Waals surface area contributed by atoms with Gasteiger partial charge in [0, 0.05) is 12.6 Å². The number of fused-ring (bicyclic) bond motifs is 1. The molecule has 21 heavy (non-hydrogen) atoms. The van der Waals surface area contributed by atoms with Crippen molar-refractivity contribution >= 4 is 11.6 Å². The Bertz CT molecular complexity index is 540. The molecule has 0 aromatic heterocycles. The highest BCUT2D eigenvalue weighted by Gasteiger charge is 2.34. The van der Waals surface area contributed by atoms with Crippen molar-refractivity contribution in [2.24, 2.45) is 5.41 Å². The van der Waals surface area contributed by atoms with Gasteiger partial charge in [0.15, 0.2) is 5.75 Å². The van der Waals surface area contributed by atoms with E-state index in [0.29, 0.717) is 17.9 Å². The van der Waals surface area contributed by atoms with Crippen molar-refractivity contribution in [2.75, 3.05) is 18.5 Å². The second-order valence-electron chi connectivity index (χ2n) is 6.72. The van der Waals surface area contributed by atoms with Crippen molar-refractivity contribution in [3.05, 3.63) is 23.8 Å². The first kappa shape index (κ1) is 14.2. The third-order valence-corrected chi connectivity index (χ3v) is 4.74. The molecule has 1 heterocycles. The van der Waals surface area contributed by atoms with E-state index in [9.17, 15) is 4.79 Å². The van der Waals surface area contributed by atoms with Gasteiger partial charge >= 0.3 is 0 Å². The Morgan fingerprint density at radius 1 is 1.38 bits per heavy atom. The lowest BCUT2D eigenvalue weighted by atomic mass is 9.73. The second kappa shape index (κ2) is 5.58. The third-order valence-electron chi connectivity index (χ3n) is 4.74. The number of rotatable bonds is 2. The number of hydrogen-bond acceptors (Lipinski definition) is 3. The summed E-state index contributed by atoms with van der Waals surface area (Å²) in [5.41, 5.74) is 1.72. The zero-order valence-corrected chi connectivity index (χ0v) is 12.9. The third kappa shape index (κ3) is 2.85. The number of para-hydroxylation sites is 1. The zero-order chi connectivity index (χ0) is 14.9. The Morgan fingerprint density at radius 2 is 2.24 bits per heavy atom. The van der Waals surface area contributed by atoms with Crippen LogP contribution in [0.15, 0.2) is 18.2 Å². The van der Waals surface area contributed by atoms with Crippen LogP contribution in [0.1, 0.15) is 49.9 Å². The van der Waals surface area contributed by atoms with E-state index in [-0.39, 0.29) is 17.4 Å². The molecule has 1 atom stereocenters. The monoisotopic (exact) mass is 288 g/mol. The molecule has 1 saturated carbocycles. The van der Waals surface area contributed by atoms with Crippen molar-refractivity contribution in [1.29, 1.82) is 0 Å². The molecule has 1 aliphatic heterocycles. The van der Waals surface area contributed by atoms with Crippen LogP contribution >= 0.6 is 0 Å². The molecule has 114 valence electrons. The largest absolute Gasteiger partial charge is 0.489 e. The Balaban J connectivity index is 1.79. The minimum Gasteiger partial charge on any atom is -0.489 e. The summed E-state index contributed by atoms with van der Waals surface area (Å²) in [6.45, 7) is 5.88. The number of carbonyl (C=O) groups excluding carboxylic acids is 1. The minimum absolute atomic E-state index is 0.0180. The Kier molecular flexibility index (Phi) is 3.79. The molecular formula is C17H24N2O2. The number of amides is 1. The molecule has 1 amide bonds. The molecule has 0 radical (unpaired) electrons. The zero-order valence-electron chi connectivity index (χ0n) is 12.9. The standard InChI is InChI=1S/C17H24N2O2/c1-17(2)9-4-3-8-14(17)19-16(20)12-6-5-7-13-15(12)21-11-10-18-13/h5-7,14,18H,3-4,8-11H2,1-2H3,(H,19,20). The van der Waals surface area contributed by atoms with Crippen molar-refractivity contribution in [1.82, 2.24) is 5.32 Å². The van der Waals surface area contributed by atoms with Crippen molar-refractivity contribution in [3.8, 4) is 5.75 Å². The van der Waals surface area contributed by atoms with Gasteiger partial charge in [-0.1, -0.05) is 32.8 Å². The number of anilines is 1. The predicted molar refractivity (Wildman–Crippen MR) is 83.9 cm³/mol. The quantitative estimate of drug-likeness (QED) is 0.878. The molecule has 0 saturated heterocycles. The molecule has 2 N–H and O–H groups in total. The molecule has 3 rings (SSSR count). The van der Waals surface area contributed by atoms with Gasteiger partial charge in [-0.25, -0.2) is 0 Å². The summed E-state index contributed by atoms with van der Waals surface area (Å²) in [6, 6.07) is 5.94. The SMILES string of the molecule is CC1(C)CCCCC1NC(=O)c1cccc2c1OCCN2. The maximum absolute atomic E-state index is 12.7. The van der Waals surface area contributed by atoms with Crippen molar-refractivity contribution < 1.29 is 9.53 Å². The molecule has 4 heteroatoms. The van der Waals surface area contributed by atoms with Crippen LogP contribution in [-0.2, 0) is 0 Å². The fraction of sp³-hybridized carbons (Fsp3) is 0.588. The molecular weight excluding hydrogens is 264 g/mol. The first-order valence-electron chi connectivity index (χ1n) is 7.88. The highest BCUT2D eigenvalue weighted by atomic mass is 16.5. The van der Waals surface area contributed by atoms with E-state index < -0.39 is 0 Å². The van der Waals surface area contributed by atoms with Crippen molar-refractivity contribution in [3.63, 3.8) is 0 Å². The van der Waals surface area contributed by atoms with E-state index in [2.05, 4.69) is 24.5 Å². The summed E-state index contributed by atoms with van der Waals surface area (Å²) in [5.74, 6) is 0.672. The lowest BCUT2D eigenvalue weighted by molar-refractivity contribution is 0.0849. The van der Waals surface area contributed by atoms with E-state index in [1.807, 2.05) is 18.2 Å². The van der Waals surface area contributed by atoms with E-state index in [1.165, 1.54) is 19.3 Å². The van der Waals surface area contributed by atoms with Gasteiger partial charge in [-0.3, -0.25) is 4.79 Å². The van der Waals surface area contributed by atoms with Gasteiger partial charge in [-0.05, 0) is 30.4 Å². The smallest absolute Gasteiger partial charge is 0.255 e. The van der Waals surface area contributed by atoms with Gasteiger partial charge in [0.25, 0.3) is 5.91 Å². The number of carbonyl (C=O) groups is 1.